The van der Waals surface area contributed by atoms with Crippen molar-refractivity contribution in [2.75, 3.05) is 13.2 Å². The lowest BCUT2D eigenvalue weighted by atomic mass is 10.1. The molecule has 3 unspecified atom stereocenters. The first kappa shape index (κ1) is 13.9. The van der Waals surface area contributed by atoms with Crippen molar-refractivity contribution in [3.63, 3.8) is 0 Å². The molecule has 3 atom stereocenters. The van der Waals surface area contributed by atoms with Crippen LogP contribution in [0.4, 0.5) is 4.39 Å². The maximum Gasteiger partial charge on any atom is 0.104 e. The molecule has 16 heavy (non-hydrogen) atoms. The molecule has 1 rings (SSSR count). The average molecular weight is 232 g/mol. The molecule has 0 N–H and O–H groups in total. The first-order valence-corrected chi connectivity index (χ1v) is 6.59. The number of unbranched alkanes of at least 4 members (excludes halogenated alkanes) is 3. The van der Waals surface area contributed by atoms with Gasteiger partial charge in [0.05, 0.1) is 19.3 Å². The normalized spacial score (nSPS) is 23.1. The van der Waals surface area contributed by atoms with Crippen molar-refractivity contribution in [1.29, 1.82) is 0 Å². The van der Waals surface area contributed by atoms with Crippen LogP contribution in [0, 0.1) is 0 Å². The van der Waals surface area contributed by atoms with Gasteiger partial charge in [-0.2, -0.15) is 0 Å². The first-order valence-electron chi connectivity index (χ1n) is 6.59. The van der Waals surface area contributed by atoms with Gasteiger partial charge < -0.3 is 9.47 Å². The van der Waals surface area contributed by atoms with Gasteiger partial charge in [0.15, 0.2) is 0 Å². The number of hydrogen-bond donors (Lipinski definition) is 0. The van der Waals surface area contributed by atoms with Gasteiger partial charge in [-0.25, -0.2) is 4.39 Å². The van der Waals surface area contributed by atoms with Crippen molar-refractivity contribution < 1.29 is 13.9 Å². The standard InChI is InChI=1S/C13H25FO2/c1-3-4-5-6-7-12(14)8-11(2)15-9-13-10-16-13/h11-13H,3-10H2,1-2H3. The van der Waals surface area contributed by atoms with E-state index in [1.807, 2.05) is 6.92 Å². The molecule has 0 amide bonds. The number of rotatable bonds is 10. The highest BCUT2D eigenvalue weighted by Gasteiger charge is 2.24. The van der Waals surface area contributed by atoms with Crippen LogP contribution < -0.4 is 0 Å². The van der Waals surface area contributed by atoms with E-state index < -0.39 is 6.17 Å². The lowest BCUT2D eigenvalue weighted by Crippen LogP contribution is -2.17. The van der Waals surface area contributed by atoms with Gasteiger partial charge in [0, 0.05) is 6.42 Å². The summed E-state index contributed by atoms with van der Waals surface area (Å²) in [6, 6.07) is 0. The molecule has 0 aromatic rings. The van der Waals surface area contributed by atoms with Crippen LogP contribution in [0.3, 0.4) is 0 Å². The lowest BCUT2D eigenvalue weighted by Gasteiger charge is -2.15. The smallest absolute Gasteiger partial charge is 0.104 e. The maximum atomic E-state index is 13.5. The molecular weight excluding hydrogens is 207 g/mol. The van der Waals surface area contributed by atoms with Crippen LogP contribution in [-0.2, 0) is 9.47 Å². The van der Waals surface area contributed by atoms with E-state index in [0.717, 1.165) is 19.4 Å². The van der Waals surface area contributed by atoms with Gasteiger partial charge >= 0.3 is 0 Å². The Morgan fingerprint density at radius 2 is 2.12 bits per heavy atom. The Balaban J connectivity index is 1.91. The summed E-state index contributed by atoms with van der Waals surface area (Å²) in [5, 5.41) is 0. The summed E-state index contributed by atoms with van der Waals surface area (Å²) in [6.07, 6.45) is 5.40. The third-order valence-electron chi connectivity index (χ3n) is 2.93. The zero-order valence-electron chi connectivity index (χ0n) is 10.6. The second kappa shape index (κ2) is 8.02. The molecule has 3 heteroatoms. The van der Waals surface area contributed by atoms with Crippen LogP contribution in [-0.4, -0.2) is 31.6 Å². The summed E-state index contributed by atoms with van der Waals surface area (Å²) in [7, 11) is 0. The quantitative estimate of drug-likeness (QED) is 0.425. The number of ether oxygens (including phenoxy) is 2. The average Bonchev–Trinajstić information content (AvgIpc) is 3.05. The molecule has 0 radical (unpaired) electrons. The van der Waals surface area contributed by atoms with Crippen molar-refractivity contribution in [3.05, 3.63) is 0 Å². The fourth-order valence-electron chi connectivity index (χ4n) is 1.77. The predicted molar refractivity (Wildman–Crippen MR) is 63.4 cm³/mol. The van der Waals surface area contributed by atoms with Gasteiger partial charge in [0.2, 0.25) is 0 Å². The molecule has 1 aliphatic heterocycles. The molecule has 1 fully saturated rings. The summed E-state index contributed by atoms with van der Waals surface area (Å²) in [5.41, 5.74) is 0. The van der Waals surface area contributed by atoms with E-state index >= 15 is 0 Å². The van der Waals surface area contributed by atoms with E-state index in [1.54, 1.807) is 0 Å². The van der Waals surface area contributed by atoms with Crippen molar-refractivity contribution in [1.82, 2.24) is 0 Å². The van der Waals surface area contributed by atoms with Crippen LogP contribution in [0.5, 0.6) is 0 Å². The van der Waals surface area contributed by atoms with Gasteiger partial charge in [-0.1, -0.05) is 32.6 Å². The van der Waals surface area contributed by atoms with Gasteiger partial charge in [-0.15, -0.1) is 0 Å². The van der Waals surface area contributed by atoms with Gasteiger partial charge in [0.25, 0.3) is 0 Å². The molecular formula is C13H25FO2. The van der Waals surface area contributed by atoms with E-state index in [9.17, 15) is 4.39 Å². The van der Waals surface area contributed by atoms with Crippen molar-refractivity contribution >= 4 is 0 Å². The molecule has 1 heterocycles. The van der Waals surface area contributed by atoms with E-state index in [0.29, 0.717) is 19.4 Å². The molecule has 1 aliphatic rings. The summed E-state index contributed by atoms with van der Waals surface area (Å²) >= 11 is 0. The molecule has 1 saturated heterocycles. The molecule has 0 aliphatic carbocycles. The Kier molecular flexibility index (Phi) is 6.97. The molecule has 0 aromatic heterocycles. The lowest BCUT2D eigenvalue weighted by molar-refractivity contribution is 0.0323. The minimum Gasteiger partial charge on any atom is -0.376 e. The predicted octanol–water partition coefficient (Wildman–Crippen LogP) is 3.49. The highest BCUT2D eigenvalue weighted by molar-refractivity contribution is 4.69. The Hall–Kier alpha value is -0.150. The number of halogens is 1. The van der Waals surface area contributed by atoms with E-state index in [-0.39, 0.29) is 12.2 Å². The van der Waals surface area contributed by atoms with Crippen LogP contribution in [0.25, 0.3) is 0 Å². The zero-order chi connectivity index (χ0) is 11.8. The SMILES string of the molecule is CCCCCCC(F)CC(C)OCC1CO1. The monoisotopic (exact) mass is 232 g/mol. The number of hydrogen-bond acceptors (Lipinski definition) is 2. The van der Waals surface area contributed by atoms with E-state index in [1.165, 1.54) is 12.8 Å². The third kappa shape index (κ3) is 7.18. The molecule has 0 saturated carbocycles. The molecule has 0 aromatic carbocycles. The highest BCUT2D eigenvalue weighted by atomic mass is 19.1. The Bertz CT molecular complexity index is 171. The minimum absolute atomic E-state index is 0.0189. The van der Waals surface area contributed by atoms with Crippen LogP contribution >= 0.6 is 0 Å². The fourth-order valence-corrected chi connectivity index (χ4v) is 1.77. The molecule has 2 nitrogen and oxygen atoms in total. The topological polar surface area (TPSA) is 21.8 Å². The Labute approximate surface area is 98.5 Å². The summed E-state index contributed by atoms with van der Waals surface area (Å²) in [5.74, 6) is 0. The van der Waals surface area contributed by atoms with Crippen molar-refractivity contribution in [3.8, 4) is 0 Å². The van der Waals surface area contributed by atoms with E-state index in [2.05, 4.69) is 6.92 Å². The van der Waals surface area contributed by atoms with Crippen molar-refractivity contribution in [2.24, 2.45) is 0 Å². The van der Waals surface area contributed by atoms with Gasteiger partial charge in [-0.3, -0.25) is 0 Å². The Morgan fingerprint density at radius 3 is 2.75 bits per heavy atom. The van der Waals surface area contributed by atoms with Crippen LogP contribution in [0.1, 0.15) is 52.4 Å². The number of alkyl halides is 1. The van der Waals surface area contributed by atoms with E-state index in [4.69, 9.17) is 9.47 Å². The fraction of sp³-hybridized carbons (Fsp3) is 1.00. The minimum atomic E-state index is -0.702. The van der Waals surface area contributed by atoms with Crippen molar-refractivity contribution in [2.45, 2.75) is 70.8 Å². The van der Waals surface area contributed by atoms with Crippen LogP contribution in [0.2, 0.25) is 0 Å². The molecule has 0 spiro atoms. The summed E-state index contributed by atoms with van der Waals surface area (Å²) < 4.78 is 24.0. The van der Waals surface area contributed by atoms with Crippen LogP contribution in [0.15, 0.2) is 0 Å². The Morgan fingerprint density at radius 1 is 1.38 bits per heavy atom. The third-order valence-corrected chi connectivity index (χ3v) is 2.93. The van der Waals surface area contributed by atoms with Gasteiger partial charge in [0.1, 0.15) is 12.3 Å². The highest BCUT2D eigenvalue weighted by Crippen LogP contribution is 2.16. The molecule has 0 bridgehead atoms. The summed E-state index contributed by atoms with van der Waals surface area (Å²) in [6.45, 7) is 5.55. The van der Waals surface area contributed by atoms with Gasteiger partial charge in [-0.05, 0) is 13.3 Å². The summed E-state index contributed by atoms with van der Waals surface area (Å²) in [4.78, 5) is 0. The second-order valence-corrected chi connectivity index (χ2v) is 4.78. The number of epoxide rings is 1. The second-order valence-electron chi connectivity index (χ2n) is 4.78. The first-order chi connectivity index (χ1) is 7.72. The largest absolute Gasteiger partial charge is 0.376 e. The molecule has 96 valence electrons. The maximum absolute atomic E-state index is 13.5. The zero-order valence-corrected chi connectivity index (χ0v) is 10.6.